The molecule has 0 saturated heterocycles. The van der Waals surface area contributed by atoms with Gasteiger partial charge in [-0.25, -0.2) is 0 Å². The smallest absolute Gasteiger partial charge is 0.0650 e. The molecule has 0 aliphatic rings. The van der Waals surface area contributed by atoms with Gasteiger partial charge in [0, 0.05) is 0 Å². The second kappa shape index (κ2) is 4.11. The highest BCUT2D eigenvalue weighted by molar-refractivity contribution is 5.38. The molecule has 0 bridgehead atoms. The summed E-state index contributed by atoms with van der Waals surface area (Å²) in [5.74, 6) is 0. The van der Waals surface area contributed by atoms with Crippen LogP contribution in [0.2, 0.25) is 0 Å². The van der Waals surface area contributed by atoms with E-state index in [1.165, 1.54) is 11.1 Å². The minimum absolute atomic E-state index is 0.0244. The molecule has 0 amide bonds. The molecule has 0 aliphatic heterocycles. The van der Waals surface area contributed by atoms with Crippen molar-refractivity contribution in [1.82, 2.24) is 0 Å². The molecule has 0 saturated carbocycles. The minimum atomic E-state index is -0.628. The Balaban J connectivity index is 3.27. The topological polar surface area (TPSA) is 46.2 Å². The van der Waals surface area contributed by atoms with E-state index in [0.29, 0.717) is 0 Å². The molecule has 1 rings (SSSR count). The highest BCUT2D eigenvalue weighted by Crippen LogP contribution is 2.24. The van der Waals surface area contributed by atoms with Crippen LogP contribution in [-0.4, -0.2) is 11.7 Å². The highest BCUT2D eigenvalue weighted by atomic mass is 16.3. The van der Waals surface area contributed by atoms with Gasteiger partial charge in [0.15, 0.2) is 0 Å². The van der Waals surface area contributed by atoms with Crippen molar-refractivity contribution in [3.8, 4) is 0 Å². The van der Waals surface area contributed by atoms with Gasteiger partial charge in [-0.05, 0) is 37.0 Å². The van der Waals surface area contributed by atoms with E-state index in [1.54, 1.807) is 0 Å². The van der Waals surface area contributed by atoms with Crippen molar-refractivity contribution < 1.29 is 5.11 Å². The summed E-state index contributed by atoms with van der Waals surface area (Å²) >= 11 is 0. The third-order valence-corrected chi connectivity index (χ3v) is 2.71. The summed E-state index contributed by atoms with van der Waals surface area (Å²) in [6, 6.07) is 6.07. The number of aryl methyl sites for hydroxylation is 1. The van der Waals surface area contributed by atoms with E-state index in [1.807, 2.05) is 19.1 Å². The van der Waals surface area contributed by atoms with Gasteiger partial charge in [0.25, 0.3) is 0 Å². The van der Waals surface area contributed by atoms with Gasteiger partial charge in [0.05, 0.1) is 12.1 Å². The SMILES string of the molecule is CCc1c(C)cccc1C(C)(N)CO. The van der Waals surface area contributed by atoms with Gasteiger partial charge >= 0.3 is 0 Å². The van der Waals surface area contributed by atoms with Gasteiger partial charge in [-0.3, -0.25) is 0 Å². The van der Waals surface area contributed by atoms with E-state index in [-0.39, 0.29) is 6.61 Å². The van der Waals surface area contributed by atoms with Crippen LogP contribution in [0.1, 0.15) is 30.5 Å². The zero-order valence-corrected chi connectivity index (χ0v) is 9.17. The fraction of sp³-hybridized carbons (Fsp3) is 0.500. The second-order valence-corrected chi connectivity index (χ2v) is 4.03. The van der Waals surface area contributed by atoms with Gasteiger partial charge < -0.3 is 10.8 Å². The standard InChI is InChI=1S/C12H19NO/c1-4-10-9(2)6-5-7-11(10)12(3,13)8-14/h5-7,14H,4,8,13H2,1-3H3. The Morgan fingerprint density at radius 3 is 2.57 bits per heavy atom. The first-order chi connectivity index (χ1) is 6.53. The van der Waals surface area contributed by atoms with Gasteiger partial charge in [-0.1, -0.05) is 25.1 Å². The lowest BCUT2D eigenvalue weighted by atomic mass is 9.87. The Kier molecular flexibility index (Phi) is 3.29. The van der Waals surface area contributed by atoms with Crippen molar-refractivity contribution in [2.45, 2.75) is 32.7 Å². The number of aliphatic hydroxyl groups is 1. The molecule has 0 heterocycles. The lowest BCUT2D eigenvalue weighted by Gasteiger charge is -2.26. The number of aliphatic hydroxyl groups excluding tert-OH is 1. The minimum Gasteiger partial charge on any atom is -0.394 e. The van der Waals surface area contributed by atoms with E-state index in [9.17, 15) is 5.11 Å². The third-order valence-electron chi connectivity index (χ3n) is 2.71. The van der Waals surface area contributed by atoms with Crippen molar-refractivity contribution in [3.05, 3.63) is 34.9 Å². The molecule has 1 unspecified atom stereocenters. The summed E-state index contributed by atoms with van der Waals surface area (Å²) < 4.78 is 0. The summed E-state index contributed by atoms with van der Waals surface area (Å²) in [6.07, 6.45) is 0.953. The monoisotopic (exact) mass is 193 g/mol. The predicted octanol–water partition coefficient (Wildman–Crippen LogP) is 1.72. The van der Waals surface area contributed by atoms with Gasteiger partial charge in [0.1, 0.15) is 0 Å². The summed E-state index contributed by atoms with van der Waals surface area (Å²) in [5.41, 5.74) is 8.96. The summed E-state index contributed by atoms with van der Waals surface area (Å²) in [5, 5.41) is 9.23. The molecule has 2 heteroatoms. The van der Waals surface area contributed by atoms with Crippen molar-refractivity contribution in [1.29, 1.82) is 0 Å². The van der Waals surface area contributed by atoms with Crippen LogP contribution in [0.15, 0.2) is 18.2 Å². The number of hydrogen-bond donors (Lipinski definition) is 2. The average molecular weight is 193 g/mol. The summed E-state index contributed by atoms with van der Waals surface area (Å²) in [7, 11) is 0. The van der Waals surface area contributed by atoms with Gasteiger partial charge in [-0.2, -0.15) is 0 Å². The predicted molar refractivity (Wildman–Crippen MR) is 59.2 cm³/mol. The second-order valence-electron chi connectivity index (χ2n) is 4.03. The number of benzene rings is 1. The van der Waals surface area contributed by atoms with Gasteiger partial charge in [0.2, 0.25) is 0 Å². The maximum atomic E-state index is 9.23. The zero-order chi connectivity index (χ0) is 10.8. The molecular weight excluding hydrogens is 174 g/mol. The molecule has 1 aromatic rings. The molecule has 0 aliphatic carbocycles. The molecule has 14 heavy (non-hydrogen) atoms. The highest BCUT2D eigenvalue weighted by Gasteiger charge is 2.22. The average Bonchev–Trinajstić information content (AvgIpc) is 2.17. The summed E-state index contributed by atoms with van der Waals surface area (Å²) in [6.45, 7) is 6.03. The quantitative estimate of drug-likeness (QED) is 0.768. The Morgan fingerprint density at radius 1 is 1.43 bits per heavy atom. The molecule has 1 atom stereocenters. The molecule has 0 spiro atoms. The van der Waals surface area contributed by atoms with E-state index in [2.05, 4.69) is 19.9 Å². The Bertz CT molecular complexity index is 318. The maximum absolute atomic E-state index is 9.23. The van der Waals surface area contributed by atoms with Crippen molar-refractivity contribution in [2.75, 3.05) is 6.61 Å². The Morgan fingerprint density at radius 2 is 2.07 bits per heavy atom. The van der Waals surface area contributed by atoms with Crippen LogP contribution in [0.25, 0.3) is 0 Å². The molecule has 0 fully saturated rings. The fourth-order valence-corrected chi connectivity index (χ4v) is 1.79. The molecular formula is C12H19NO. The zero-order valence-electron chi connectivity index (χ0n) is 9.17. The Hall–Kier alpha value is -0.860. The van der Waals surface area contributed by atoms with Crippen LogP contribution >= 0.6 is 0 Å². The molecule has 2 nitrogen and oxygen atoms in total. The molecule has 0 radical (unpaired) electrons. The number of hydrogen-bond acceptors (Lipinski definition) is 2. The first kappa shape index (κ1) is 11.2. The van der Waals surface area contributed by atoms with Crippen molar-refractivity contribution >= 4 is 0 Å². The number of nitrogens with two attached hydrogens (primary N) is 1. The lowest BCUT2D eigenvalue weighted by molar-refractivity contribution is 0.209. The van der Waals surface area contributed by atoms with Crippen molar-refractivity contribution in [2.24, 2.45) is 5.73 Å². The van der Waals surface area contributed by atoms with E-state index in [4.69, 9.17) is 5.73 Å². The summed E-state index contributed by atoms with van der Waals surface area (Å²) in [4.78, 5) is 0. The van der Waals surface area contributed by atoms with Gasteiger partial charge in [-0.15, -0.1) is 0 Å². The molecule has 0 aromatic heterocycles. The van der Waals surface area contributed by atoms with Crippen LogP contribution in [0.3, 0.4) is 0 Å². The molecule has 78 valence electrons. The first-order valence-electron chi connectivity index (χ1n) is 5.01. The fourth-order valence-electron chi connectivity index (χ4n) is 1.79. The number of rotatable bonds is 3. The Labute approximate surface area is 85.8 Å². The van der Waals surface area contributed by atoms with E-state index >= 15 is 0 Å². The van der Waals surface area contributed by atoms with Crippen LogP contribution in [0.5, 0.6) is 0 Å². The maximum Gasteiger partial charge on any atom is 0.0650 e. The lowest BCUT2D eigenvalue weighted by Crippen LogP contribution is -2.38. The van der Waals surface area contributed by atoms with Crippen LogP contribution in [0, 0.1) is 6.92 Å². The third kappa shape index (κ3) is 1.97. The molecule has 3 N–H and O–H groups in total. The van der Waals surface area contributed by atoms with E-state index in [0.717, 1.165) is 12.0 Å². The van der Waals surface area contributed by atoms with E-state index < -0.39 is 5.54 Å². The first-order valence-corrected chi connectivity index (χ1v) is 5.01. The molecule has 1 aromatic carbocycles. The van der Waals surface area contributed by atoms with Crippen LogP contribution < -0.4 is 5.73 Å². The van der Waals surface area contributed by atoms with Crippen LogP contribution in [-0.2, 0) is 12.0 Å². The van der Waals surface area contributed by atoms with Crippen LogP contribution in [0.4, 0.5) is 0 Å². The van der Waals surface area contributed by atoms with Crippen molar-refractivity contribution in [3.63, 3.8) is 0 Å². The largest absolute Gasteiger partial charge is 0.394 e. The normalized spacial score (nSPS) is 15.2.